The highest BCUT2D eigenvalue weighted by Gasteiger charge is 2.18. The molecule has 0 aromatic carbocycles. The SMILES string of the molecule is COc1csc(C(O)c2ccnn2C(C)C)c1. The normalized spacial score (nSPS) is 13.0. The van der Waals surface area contributed by atoms with Crippen molar-refractivity contribution in [2.24, 2.45) is 0 Å². The van der Waals surface area contributed by atoms with Gasteiger partial charge in [0.1, 0.15) is 11.9 Å². The van der Waals surface area contributed by atoms with Crippen molar-refractivity contribution in [3.63, 3.8) is 0 Å². The van der Waals surface area contributed by atoms with Gasteiger partial charge in [0.25, 0.3) is 0 Å². The predicted octanol–water partition coefficient (Wildman–Crippen LogP) is 2.62. The maximum Gasteiger partial charge on any atom is 0.130 e. The Morgan fingerprint density at radius 1 is 1.47 bits per heavy atom. The van der Waals surface area contributed by atoms with Crippen LogP contribution >= 0.6 is 11.3 Å². The fraction of sp³-hybridized carbons (Fsp3) is 0.417. The first kappa shape index (κ1) is 12.1. The average Bonchev–Trinajstić information content (AvgIpc) is 2.97. The first-order chi connectivity index (χ1) is 8.13. The Morgan fingerprint density at radius 2 is 2.24 bits per heavy atom. The van der Waals surface area contributed by atoms with Gasteiger partial charge in [0, 0.05) is 22.5 Å². The van der Waals surface area contributed by atoms with Crippen LogP contribution in [0, 0.1) is 0 Å². The summed E-state index contributed by atoms with van der Waals surface area (Å²) >= 11 is 1.48. The van der Waals surface area contributed by atoms with Crippen molar-refractivity contribution in [2.45, 2.75) is 26.0 Å². The number of hydrogen-bond acceptors (Lipinski definition) is 4. The number of ether oxygens (including phenoxy) is 1. The van der Waals surface area contributed by atoms with Crippen LogP contribution in [0.4, 0.5) is 0 Å². The number of thiophene rings is 1. The molecule has 2 rings (SSSR count). The van der Waals surface area contributed by atoms with E-state index in [4.69, 9.17) is 4.74 Å². The number of aliphatic hydroxyl groups excluding tert-OH is 1. The molecule has 0 fully saturated rings. The van der Waals surface area contributed by atoms with E-state index in [9.17, 15) is 5.11 Å². The molecule has 0 aliphatic heterocycles. The Bertz CT molecular complexity index is 490. The fourth-order valence-electron chi connectivity index (χ4n) is 1.70. The van der Waals surface area contributed by atoms with Gasteiger partial charge in [0.15, 0.2) is 0 Å². The van der Waals surface area contributed by atoms with Crippen molar-refractivity contribution in [1.29, 1.82) is 0 Å². The van der Waals surface area contributed by atoms with Gasteiger partial charge in [-0.25, -0.2) is 0 Å². The summed E-state index contributed by atoms with van der Waals surface area (Å²) in [5.41, 5.74) is 0.810. The van der Waals surface area contributed by atoms with E-state index < -0.39 is 6.10 Å². The monoisotopic (exact) mass is 252 g/mol. The second-order valence-corrected chi connectivity index (χ2v) is 5.03. The van der Waals surface area contributed by atoms with Crippen molar-refractivity contribution < 1.29 is 9.84 Å². The van der Waals surface area contributed by atoms with Crippen LogP contribution in [0.25, 0.3) is 0 Å². The third kappa shape index (κ3) is 2.35. The Kier molecular flexibility index (Phi) is 3.49. The highest BCUT2D eigenvalue weighted by molar-refractivity contribution is 7.10. The highest BCUT2D eigenvalue weighted by Crippen LogP contribution is 2.31. The van der Waals surface area contributed by atoms with Crippen LogP contribution in [-0.2, 0) is 0 Å². The number of aromatic nitrogens is 2. The molecule has 2 aromatic heterocycles. The van der Waals surface area contributed by atoms with Gasteiger partial charge in [0.05, 0.1) is 12.8 Å². The lowest BCUT2D eigenvalue weighted by Gasteiger charge is -2.14. The van der Waals surface area contributed by atoms with Crippen molar-refractivity contribution in [3.8, 4) is 5.75 Å². The van der Waals surface area contributed by atoms with Crippen LogP contribution in [0.5, 0.6) is 5.75 Å². The van der Waals surface area contributed by atoms with Crippen LogP contribution in [0.1, 0.15) is 36.6 Å². The smallest absolute Gasteiger partial charge is 0.130 e. The number of hydrogen-bond donors (Lipinski definition) is 1. The minimum Gasteiger partial charge on any atom is -0.496 e. The number of nitrogens with zero attached hydrogens (tertiary/aromatic N) is 2. The highest BCUT2D eigenvalue weighted by atomic mass is 32.1. The van der Waals surface area contributed by atoms with E-state index in [2.05, 4.69) is 5.10 Å². The molecule has 0 bridgehead atoms. The Labute approximate surface area is 104 Å². The molecule has 17 heavy (non-hydrogen) atoms. The zero-order valence-electron chi connectivity index (χ0n) is 10.1. The van der Waals surface area contributed by atoms with Crippen molar-refractivity contribution in [3.05, 3.63) is 34.3 Å². The standard InChI is InChI=1S/C12H16N2O2S/c1-8(2)14-10(4-5-13-14)12(15)11-6-9(16-3)7-17-11/h4-8,12,15H,1-3H3. The van der Waals surface area contributed by atoms with Gasteiger partial charge in [-0.3, -0.25) is 4.68 Å². The summed E-state index contributed by atoms with van der Waals surface area (Å²) in [7, 11) is 1.62. The Morgan fingerprint density at radius 3 is 2.82 bits per heavy atom. The van der Waals surface area contributed by atoms with E-state index in [-0.39, 0.29) is 6.04 Å². The number of methoxy groups -OCH3 is 1. The van der Waals surface area contributed by atoms with E-state index in [0.717, 1.165) is 16.3 Å². The molecule has 0 radical (unpaired) electrons. The van der Waals surface area contributed by atoms with Crippen LogP contribution in [0.2, 0.25) is 0 Å². The molecule has 0 saturated heterocycles. The molecule has 4 nitrogen and oxygen atoms in total. The van der Waals surface area contributed by atoms with Gasteiger partial charge in [-0.15, -0.1) is 11.3 Å². The molecule has 0 amide bonds. The lowest BCUT2D eigenvalue weighted by molar-refractivity contribution is 0.208. The van der Waals surface area contributed by atoms with Gasteiger partial charge >= 0.3 is 0 Å². The molecule has 0 spiro atoms. The van der Waals surface area contributed by atoms with Crippen LogP contribution in [0.15, 0.2) is 23.7 Å². The molecule has 1 unspecified atom stereocenters. The minimum absolute atomic E-state index is 0.233. The molecule has 2 aromatic rings. The molecular formula is C12H16N2O2S. The van der Waals surface area contributed by atoms with Gasteiger partial charge in [-0.05, 0) is 26.0 Å². The Balaban J connectivity index is 2.30. The molecular weight excluding hydrogens is 236 g/mol. The lowest BCUT2D eigenvalue weighted by Crippen LogP contribution is -2.11. The third-order valence-electron chi connectivity index (χ3n) is 2.57. The molecule has 0 aliphatic rings. The van der Waals surface area contributed by atoms with Gasteiger partial charge in [-0.2, -0.15) is 5.10 Å². The maximum absolute atomic E-state index is 10.3. The van der Waals surface area contributed by atoms with Crippen LogP contribution in [0.3, 0.4) is 0 Å². The molecule has 1 N–H and O–H groups in total. The molecule has 0 aliphatic carbocycles. The summed E-state index contributed by atoms with van der Waals surface area (Å²) in [6.07, 6.45) is 1.07. The summed E-state index contributed by atoms with van der Waals surface area (Å²) < 4.78 is 6.95. The molecule has 5 heteroatoms. The molecule has 2 heterocycles. The fourth-order valence-corrected chi connectivity index (χ4v) is 2.55. The second kappa shape index (κ2) is 4.89. The predicted molar refractivity (Wildman–Crippen MR) is 67.5 cm³/mol. The van der Waals surface area contributed by atoms with Gasteiger partial charge in [-0.1, -0.05) is 0 Å². The van der Waals surface area contributed by atoms with Gasteiger partial charge in [0.2, 0.25) is 0 Å². The summed E-state index contributed by atoms with van der Waals surface area (Å²) in [6, 6.07) is 3.93. The molecule has 1 atom stereocenters. The summed E-state index contributed by atoms with van der Waals surface area (Å²) in [6.45, 7) is 4.08. The van der Waals surface area contributed by atoms with E-state index >= 15 is 0 Å². The average molecular weight is 252 g/mol. The lowest BCUT2D eigenvalue weighted by atomic mass is 10.2. The van der Waals surface area contributed by atoms with E-state index in [1.807, 2.05) is 36.0 Å². The number of rotatable bonds is 4. The van der Waals surface area contributed by atoms with E-state index in [1.165, 1.54) is 11.3 Å². The van der Waals surface area contributed by atoms with Crippen molar-refractivity contribution in [1.82, 2.24) is 9.78 Å². The Hall–Kier alpha value is -1.33. The van der Waals surface area contributed by atoms with E-state index in [1.54, 1.807) is 13.3 Å². The zero-order chi connectivity index (χ0) is 12.4. The van der Waals surface area contributed by atoms with Crippen molar-refractivity contribution >= 4 is 11.3 Å². The first-order valence-electron chi connectivity index (χ1n) is 5.47. The van der Waals surface area contributed by atoms with E-state index in [0.29, 0.717) is 0 Å². The van der Waals surface area contributed by atoms with Crippen LogP contribution in [-0.4, -0.2) is 22.0 Å². The topological polar surface area (TPSA) is 47.3 Å². The quantitative estimate of drug-likeness (QED) is 0.910. The maximum atomic E-state index is 10.3. The van der Waals surface area contributed by atoms with Crippen LogP contribution < -0.4 is 4.74 Å². The minimum atomic E-state index is -0.645. The first-order valence-corrected chi connectivity index (χ1v) is 6.35. The molecule has 0 saturated carbocycles. The zero-order valence-corrected chi connectivity index (χ0v) is 10.9. The summed E-state index contributed by atoms with van der Waals surface area (Å²) in [5, 5.41) is 16.4. The largest absolute Gasteiger partial charge is 0.496 e. The van der Waals surface area contributed by atoms with Gasteiger partial charge < -0.3 is 9.84 Å². The third-order valence-corrected chi connectivity index (χ3v) is 3.53. The number of aliphatic hydroxyl groups is 1. The molecule has 92 valence electrons. The van der Waals surface area contributed by atoms with Crippen molar-refractivity contribution in [2.75, 3.05) is 7.11 Å². The summed E-state index contributed by atoms with van der Waals surface area (Å²) in [4.78, 5) is 0.865. The summed E-state index contributed by atoms with van der Waals surface area (Å²) in [5.74, 6) is 0.777. The second-order valence-electron chi connectivity index (χ2n) is 4.09.